The highest BCUT2D eigenvalue weighted by atomic mass is 79.9. The molecule has 0 aromatic heterocycles. The Labute approximate surface area is 97.8 Å². The molecule has 1 aromatic carbocycles. The molecule has 0 amide bonds. The maximum Gasteiger partial charge on any atom is 0.0668 e. The van der Waals surface area contributed by atoms with Crippen molar-refractivity contribution in [3.63, 3.8) is 0 Å². The normalized spacial score (nSPS) is 11.5. The van der Waals surface area contributed by atoms with Gasteiger partial charge in [-0.1, -0.05) is 34.1 Å². The summed E-state index contributed by atoms with van der Waals surface area (Å²) in [6.45, 7) is 1.55. The van der Waals surface area contributed by atoms with Crippen molar-refractivity contribution in [1.82, 2.24) is 0 Å². The molecule has 3 heteroatoms. The smallest absolute Gasteiger partial charge is 0.0668 e. The summed E-state index contributed by atoms with van der Waals surface area (Å²) < 4.78 is 1.05. The van der Waals surface area contributed by atoms with Crippen molar-refractivity contribution >= 4 is 21.9 Å². The predicted octanol–water partition coefficient (Wildman–Crippen LogP) is 2.08. The fourth-order valence-corrected chi connectivity index (χ4v) is 1.45. The monoisotopic (exact) mass is 267 g/mol. The van der Waals surface area contributed by atoms with Gasteiger partial charge in [0.15, 0.2) is 0 Å². The van der Waals surface area contributed by atoms with Crippen LogP contribution in [0.4, 0.5) is 0 Å². The Bertz CT molecular complexity index is 366. The molecule has 2 nitrogen and oxygen atoms in total. The zero-order chi connectivity index (χ0) is 11.3. The lowest BCUT2D eigenvalue weighted by Gasteiger charge is -2.02. The summed E-state index contributed by atoms with van der Waals surface area (Å²) in [4.78, 5) is 10.4. The number of hydrogen-bond donors (Lipinski definition) is 0. The average molecular weight is 268 g/mol. The molecule has 0 saturated carbocycles. The molecule has 0 bridgehead atoms. The van der Waals surface area contributed by atoms with Gasteiger partial charge in [-0.2, -0.15) is 0 Å². The van der Waals surface area contributed by atoms with Gasteiger partial charge >= 0.3 is 0 Å². The summed E-state index contributed by atoms with van der Waals surface area (Å²) in [5.74, 6) is -1.09. The van der Waals surface area contributed by atoms with Gasteiger partial charge in [0.05, 0.1) is 5.97 Å². The molecule has 0 unspecified atom stereocenters. The van der Waals surface area contributed by atoms with Crippen LogP contribution in [-0.2, 0) is 11.2 Å². The Hall–Kier alpha value is -1.09. The van der Waals surface area contributed by atoms with E-state index in [-0.39, 0.29) is 0 Å². The number of carboxylic acids is 1. The number of rotatable bonds is 4. The van der Waals surface area contributed by atoms with Crippen molar-refractivity contribution in [3.05, 3.63) is 46.0 Å². The molecule has 0 radical (unpaired) electrons. The van der Waals surface area contributed by atoms with Crippen molar-refractivity contribution in [1.29, 1.82) is 0 Å². The first-order valence-electron chi connectivity index (χ1n) is 4.72. The third-order valence-corrected chi connectivity index (χ3v) is 2.65. The van der Waals surface area contributed by atoms with Gasteiger partial charge in [0.1, 0.15) is 0 Å². The van der Waals surface area contributed by atoms with E-state index in [4.69, 9.17) is 0 Å². The number of allylic oxidation sites excluding steroid dienone is 1. The maximum atomic E-state index is 10.4. The van der Waals surface area contributed by atoms with E-state index < -0.39 is 5.97 Å². The van der Waals surface area contributed by atoms with Crippen LogP contribution in [0.25, 0.3) is 0 Å². The molecule has 80 valence electrons. The summed E-state index contributed by atoms with van der Waals surface area (Å²) in [6, 6.07) is 7.99. The summed E-state index contributed by atoms with van der Waals surface area (Å²) in [6.07, 6.45) is 3.26. The summed E-state index contributed by atoms with van der Waals surface area (Å²) >= 11 is 3.36. The Morgan fingerprint density at radius 3 is 2.53 bits per heavy atom. The number of carboxylic acid groups (broad SMARTS) is 1. The predicted molar refractivity (Wildman–Crippen MR) is 61.2 cm³/mol. The largest absolute Gasteiger partial charge is 0.545 e. The van der Waals surface area contributed by atoms with Crippen LogP contribution in [0.5, 0.6) is 0 Å². The van der Waals surface area contributed by atoms with Gasteiger partial charge in [0.2, 0.25) is 0 Å². The van der Waals surface area contributed by atoms with Gasteiger partial charge in [-0.25, -0.2) is 0 Å². The SMILES string of the molecule is C/C(=C\CCc1ccc(Br)cc1)C(=O)[O-]. The molecular formula is C12H12BrO2-. The van der Waals surface area contributed by atoms with Crippen molar-refractivity contribution in [2.24, 2.45) is 0 Å². The molecule has 0 aliphatic rings. The molecule has 0 atom stereocenters. The lowest BCUT2D eigenvalue weighted by atomic mass is 10.1. The van der Waals surface area contributed by atoms with Gasteiger partial charge in [0, 0.05) is 4.47 Å². The first-order valence-corrected chi connectivity index (χ1v) is 5.51. The number of carbonyl (C=O) groups is 1. The number of hydrogen-bond acceptors (Lipinski definition) is 2. The molecule has 0 fully saturated rings. The molecule has 0 aliphatic carbocycles. The number of aliphatic carboxylic acids is 1. The molecule has 0 N–H and O–H groups in total. The van der Waals surface area contributed by atoms with E-state index in [9.17, 15) is 9.90 Å². The number of carbonyl (C=O) groups excluding carboxylic acids is 1. The van der Waals surface area contributed by atoms with Gasteiger partial charge < -0.3 is 9.90 Å². The number of benzene rings is 1. The Balaban J connectivity index is 2.48. The van der Waals surface area contributed by atoms with Crippen LogP contribution >= 0.6 is 15.9 Å². The Morgan fingerprint density at radius 2 is 2.00 bits per heavy atom. The maximum absolute atomic E-state index is 10.4. The van der Waals surface area contributed by atoms with Crippen molar-refractivity contribution < 1.29 is 9.90 Å². The van der Waals surface area contributed by atoms with Crippen molar-refractivity contribution in [2.75, 3.05) is 0 Å². The first-order chi connectivity index (χ1) is 7.09. The highest BCUT2D eigenvalue weighted by molar-refractivity contribution is 9.10. The molecular weight excluding hydrogens is 256 g/mol. The minimum Gasteiger partial charge on any atom is -0.545 e. The van der Waals surface area contributed by atoms with Crippen molar-refractivity contribution in [3.8, 4) is 0 Å². The lowest BCUT2D eigenvalue weighted by Crippen LogP contribution is -2.22. The van der Waals surface area contributed by atoms with E-state index in [2.05, 4.69) is 15.9 Å². The second-order valence-corrected chi connectivity index (χ2v) is 4.26. The summed E-state index contributed by atoms with van der Waals surface area (Å²) in [5.41, 5.74) is 1.49. The van der Waals surface area contributed by atoms with Gasteiger partial charge in [-0.15, -0.1) is 0 Å². The minimum atomic E-state index is -1.09. The van der Waals surface area contributed by atoms with Gasteiger partial charge in [-0.05, 0) is 43.0 Å². The fraction of sp³-hybridized carbons (Fsp3) is 0.250. The van der Waals surface area contributed by atoms with E-state index >= 15 is 0 Å². The molecule has 0 heterocycles. The molecule has 15 heavy (non-hydrogen) atoms. The molecule has 0 spiro atoms. The number of halogens is 1. The van der Waals surface area contributed by atoms with Crippen LogP contribution in [-0.4, -0.2) is 5.97 Å². The lowest BCUT2D eigenvalue weighted by molar-refractivity contribution is -0.299. The molecule has 0 aliphatic heterocycles. The van der Waals surface area contributed by atoms with E-state index in [1.165, 1.54) is 5.56 Å². The highest BCUT2D eigenvalue weighted by Crippen LogP contribution is 2.12. The minimum absolute atomic E-state index is 0.298. The van der Waals surface area contributed by atoms with E-state index in [0.717, 1.165) is 17.3 Å². The zero-order valence-electron chi connectivity index (χ0n) is 8.50. The Morgan fingerprint density at radius 1 is 1.40 bits per heavy atom. The quantitative estimate of drug-likeness (QED) is 0.784. The standard InChI is InChI=1S/C12H13BrO2/c1-9(12(14)15)3-2-4-10-5-7-11(13)8-6-10/h3,5-8H,2,4H2,1H3,(H,14,15)/p-1/b9-3+. The fourth-order valence-electron chi connectivity index (χ4n) is 1.19. The second-order valence-electron chi connectivity index (χ2n) is 3.34. The van der Waals surface area contributed by atoms with E-state index in [1.807, 2.05) is 24.3 Å². The third kappa shape index (κ3) is 4.30. The van der Waals surface area contributed by atoms with Gasteiger partial charge in [0.25, 0.3) is 0 Å². The Kier molecular flexibility index (Phi) is 4.56. The highest BCUT2D eigenvalue weighted by Gasteiger charge is 1.93. The zero-order valence-corrected chi connectivity index (χ0v) is 10.1. The van der Waals surface area contributed by atoms with Crippen LogP contribution in [0.1, 0.15) is 18.9 Å². The van der Waals surface area contributed by atoms with E-state index in [0.29, 0.717) is 5.57 Å². The average Bonchev–Trinajstić information content (AvgIpc) is 2.20. The molecule has 1 rings (SSSR count). The van der Waals surface area contributed by atoms with Crippen molar-refractivity contribution in [2.45, 2.75) is 19.8 Å². The van der Waals surface area contributed by atoms with Crippen LogP contribution < -0.4 is 5.11 Å². The van der Waals surface area contributed by atoms with Gasteiger partial charge in [-0.3, -0.25) is 0 Å². The summed E-state index contributed by atoms with van der Waals surface area (Å²) in [7, 11) is 0. The summed E-state index contributed by atoms with van der Waals surface area (Å²) in [5, 5.41) is 10.4. The number of aryl methyl sites for hydroxylation is 1. The van der Waals surface area contributed by atoms with Crippen LogP contribution in [0, 0.1) is 0 Å². The second kappa shape index (κ2) is 5.71. The first kappa shape index (κ1) is 12.0. The molecule has 0 saturated heterocycles. The van der Waals surface area contributed by atoms with Crippen LogP contribution in [0.15, 0.2) is 40.4 Å². The topological polar surface area (TPSA) is 40.1 Å². The molecule has 1 aromatic rings. The van der Waals surface area contributed by atoms with Crippen LogP contribution in [0.2, 0.25) is 0 Å². The van der Waals surface area contributed by atoms with Crippen LogP contribution in [0.3, 0.4) is 0 Å². The third-order valence-electron chi connectivity index (χ3n) is 2.12. The van der Waals surface area contributed by atoms with E-state index in [1.54, 1.807) is 13.0 Å².